The van der Waals surface area contributed by atoms with E-state index in [-0.39, 0.29) is 5.56 Å². The molecular weight excluding hydrogens is 386 g/mol. The third-order valence-electron chi connectivity index (χ3n) is 5.43. The molecule has 3 aromatic rings. The predicted molar refractivity (Wildman–Crippen MR) is 121 cm³/mol. The monoisotopic (exact) mass is 411 g/mol. The fourth-order valence-electron chi connectivity index (χ4n) is 3.80. The number of benzene rings is 2. The quantitative estimate of drug-likeness (QED) is 0.576. The molecule has 2 heterocycles. The molecule has 0 unspecified atom stereocenters. The lowest BCUT2D eigenvalue weighted by Gasteiger charge is -2.15. The van der Waals surface area contributed by atoms with Crippen LogP contribution in [0.5, 0.6) is 0 Å². The highest BCUT2D eigenvalue weighted by atomic mass is 35.5. The van der Waals surface area contributed by atoms with Crippen molar-refractivity contribution >= 4 is 33.9 Å². The fraction of sp³-hybridized carbons (Fsp3) is 0.364. The standard InChI is InChI=1S/C22H26ClN5O/c1-24-16-6-8-21(19(23)13-16)28-15-26-20-14-17(5-7-18(20)22(28)29)25-9-4-12-27-10-2-3-11-27/h5-8,13-15,24-25H,2-4,9-12H2,1H3. The van der Waals surface area contributed by atoms with Crippen molar-refractivity contribution in [2.75, 3.05) is 43.9 Å². The van der Waals surface area contributed by atoms with Crippen molar-refractivity contribution in [3.63, 3.8) is 0 Å². The van der Waals surface area contributed by atoms with Gasteiger partial charge in [0.1, 0.15) is 6.33 Å². The second kappa shape index (κ2) is 8.84. The number of anilines is 2. The maximum atomic E-state index is 13.0. The Morgan fingerprint density at radius 3 is 2.66 bits per heavy atom. The van der Waals surface area contributed by atoms with Crippen LogP contribution < -0.4 is 16.2 Å². The van der Waals surface area contributed by atoms with E-state index in [9.17, 15) is 4.79 Å². The molecule has 0 saturated carbocycles. The summed E-state index contributed by atoms with van der Waals surface area (Å²) in [5.74, 6) is 0. The van der Waals surface area contributed by atoms with Gasteiger partial charge in [-0.05, 0) is 75.3 Å². The van der Waals surface area contributed by atoms with Crippen molar-refractivity contribution in [2.24, 2.45) is 0 Å². The number of likely N-dealkylation sites (tertiary alicyclic amines) is 1. The van der Waals surface area contributed by atoms with Crippen molar-refractivity contribution in [1.82, 2.24) is 14.5 Å². The summed E-state index contributed by atoms with van der Waals surface area (Å²) in [7, 11) is 1.83. The Hall–Kier alpha value is -2.57. The van der Waals surface area contributed by atoms with E-state index >= 15 is 0 Å². The molecule has 0 radical (unpaired) electrons. The minimum absolute atomic E-state index is 0.130. The van der Waals surface area contributed by atoms with Gasteiger partial charge in [0.05, 0.1) is 21.6 Å². The van der Waals surface area contributed by atoms with Crippen LogP contribution in [0.15, 0.2) is 47.5 Å². The summed E-state index contributed by atoms with van der Waals surface area (Å²) < 4.78 is 1.49. The van der Waals surface area contributed by atoms with Crippen LogP contribution in [0.2, 0.25) is 5.02 Å². The van der Waals surface area contributed by atoms with Gasteiger partial charge in [-0.3, -0.25) is 9.36 Å². The average Bonchev–Trinajstić information content (AvgIpc) is 3.25. The van der Waals surface area contributed by atoms with E-state index in [0.717, 1.165) is 30.9 Å². The van der Waals surface area contributed by atoms with E-state index in [0.29, 0.717) is 21.6 Å². The molecule has 7 heteroatoms. The molecule has 1 aliphatic heterocycles. The Morgan fingerprint density at radius 1 is 1.10 bits per heavy atom. The lowest BCUT2D eigenvalue weighted by Crippen LogP contribution is -2.22. The number of fused-ring (bicyclic) bond motifs is 1. The first-order valence-electron chi connectivity index (χ1n) is 10.1. The van der Waals surface area contributed by atoms with Gasteiger partial charge in [-0.15, -0.1) is 0 Å². The van der Waals surface area contributed by atoms with Gasteiger partial charge in [-0.2, -0.15) is 0 Å². The molecule has 0 amide bonds. The van der Waals surface area contributed by atoms with E-state index in [1.807, 2.05) is 37.4 Å². The van der Waals surface area contributed by atoms with E-state index in [1.165, 1.54) is 30.5 Å². The number of aromatic nitrogens is 2. The molecule has 29 heavy (non-hydrogen) atoms. The Morgan fingerprint density at radius 2 is 1.90 bits per heavy atom. The van der Waals surface area contributed by atoms with Crippen LogP contribution in [-0.2, 0) is 0 Å². The summed E-state index contributed by atoms with van der Waals surface area (Å²) in [5, 5.41) is 7.55. The smallest absolute Gasteiger partial charge is 0.265 e. The highest BCUT2D eigenvalue weighted by Crippen LogP contribution is 2.24. The molecule has 2 aromatic carbocycles. The molecule has 1 saturated heterocycles. The second-order valence-electron chi connectivity index (χ2n) is 7.40. The van der Waals surface area contributed by atoms with Crippen LogP contribution in [0.4, 0.5) is 11.4 Å². The zero-order valence-corrected chi connectivity index (χ0v) is 17.4. The minimum Gasteiger partial charge on any atom is -0.388 e. The van der Waals surface area contributed by atoms with Gasteiger partial charge in [0.2, 0.25) is 0 Å². The normalized spacial score (nSPS) is 14.4. The highest BCUT2D eigenvalue weighted by molar-refractivity contribution is 6.32. The molecule has 1 aromatic heterocycles. The van der Waals surface area contributed by atoms with Crippen molar-refractivity contribution in [1.29, 1.82) is 0 Å². The lowest BCUT2D eigenvalue weighted by molar-refractivity contribution is 0.337. The van der Waals surface area contributed by atoms with Gasteiger partial charge in [-0.25, -0.2) is 4.98 Å². The lowest BCUT2D eigenvalue weighted by atomic mass is 10.2. The van der Waals surface area contributed by atoms with Crippen molar-refractivity contribution in [3.05, 3.63) is 58.1 Å². The molecule has 0 spiro atoms. The fourth-order valence-corrected chi connectivity index (χ4v) is 4.07. The van der Waals surface area contributed by atoms with E-state index in [2.05, 4.69) is 20.5 Å². The Bertz CT molecular complexity index is 1060. The highest BCUT2D eigenvalue weighted by Gasteiger charge is 2.11. The third kappa shape index (κ3) is 4.38. The number of nitrogens with zero attached hydrogens (tertiary/aromatic N) is 3. The summed E-state index contributed by atoms with van der Waals surface area (Å²) in [6.45, 7) is 4.50. The summed E-state index contributed by atoms with van der Waals surface area (Å²) >= 11 is 6.37. The Kier molecular flexibility index (Phi) is 6.02. The number of halogens is 1. The van der Waals surface area contributed by atoms with Gasteiger partial charge in [0, 0.05) is 25.0 Å². The largest absolute Gasteiger partial charge is 0.388 e. The Balaban J connectivity index is 1.50. The first kappa shape index (κ1) is 19.7. The number of hydrogen-bond donors (Lipinski definition) is 2. The van der Waals surface area contributed by atoms with Crippen molar-refractivity contribution in [3.8, 4) is 5.69 Å². The van der Waals surface area contributed by atoms with E-state index < -0.39 is 0 Å². The van der Waals surface area contributed by atoms with Crippen molar-refractivity contribution in [2.45, 2.75) is 19.3 Å². The summed E-state index contributed by atoms with van der Waals surface area (Å²) in [6, 6.07) is 11.2. The van der Waals surface area contributed by atoms with Gasteiger partial charge < -0.3 is 15.5 Å². The maximum absolute atomic E-state index is 13.0. The number of nitrogens with one attached hydrogen (secondary N) is 2. The molecule has 1 aliphatic rings. The Labute approximate surface area is 175 Å². The van der Waals surface area contributed by atoms with Gasteiger partial charge in [-0.1, -0.05) is 11.6 Å². The molecule has 2 N–H and O–H groups in total. The molecule has 0 bridgehead atoms. The van der Waals surface area contributed by atoms with Gasteiger partial charge in [0.25, 0.3) is 5.56 Å². The first-order valence-corrected chi connectivity index (χ1v) is 10.5. The molecule has 6 nitrogen and oxygen atoms in total. The summed E-state index contributed by atoms with van der Waals surface area (Å²) in [6.07, 6.45) is 5.30. The van der Waals surface area contributed by atoms with Crippen LogP contribution in [0.25, 0.3) is 16.6 Å². The summed E-state index contributed by atoms with van der Waals surface area (Å²) in [5.41, 5.74) is 3.05. The number of hydrogen-bond acceptors (Lipinski definition) is 5. The van der Waals surface area contributed by atoms with Gasteiger partial charge >= 0.3 is 0 Å². The average molecular weight is 412 g/mol. The van der Waals surface area contributed by atoms with E-state index in [4.69, 9.17) is 11.6 Å². The van der Waals surface area contributed by atoms with Crippen LogP contribution in [0.1, 0.15) is 19.3 Å². The molecule has 1 fully saturated rings. The zero-order chi connectivity index (χ0) is 20.2. The van der Waals surface area contributed by atoms with Crippen LogP contribution in [0.3, 0.4) is 0 Å². The molecule has 0 aliphatic carbocycles. The third-order valence-corrected chi connectivity index (χ3v) is 5.74. The van der Waals surface area contributed by atoms with Crippen LogP contribution in [0, 0.1) is 0 Å². The first-order chi connectivity index (χ1) is 14.2. The molecule has 4 rings (SSSR count). The van der Waals surface area contributed by atoms with E-state index in [1.54, 1.807) is 12.4 Å². The maximum Gasteiger partial charge on any atom is 0.265 e. The number of rotatable bonds is 7. The topological polar surface area (TPSA) is 62.2 Å². The predicted octanol–water partition coefficient (Wildman–Crippen LogP) is 3.98. The zero-order valence-electron chi connectivity index (χ0n) is 16.6. The van der Waals surface area contributed by atoms with Crippen molar-refractivity contribution < 1.29 is 0 Å². The van der Waals surface area contributed by atoms with Gasteiger partial charge in [0.15, 0.2) is 0 Å². The van der Waals surface area contributed by atoms with Crippen LogP contribution in [-0.4, -0.2) is 47.7 Å². The summed E-state index contributed by atoms with van der Waals surface area (Å²) in [4.78, 5) is 20.0. The van der Waals surface area contributed by atoms with Crippen LogP contribution >= 0.6 is 11.6 Å². The second-order valence-corrected chi connectivity index (χ2v) is 7.80. The molecule has 0 atom stereocenters. The minimum atomic E-state index is -0.130. The molecular formula is C22H26ClN5O. The molecule has 152 valence electrons. The SMILES string of the molecule is CNc1ccc(-n2cnc3cc(NCCCN4CCCC4)ccc3c2=O)c(Cl)c1.